The maximum atomic E-state index is 10.9. The van der Waals surface area contributed by atoms with Crippen molar-refractivity contribution in [2.45, 2.75) is 6.42 Å². The minimum Gasteiger partial charge on any atom is -0.399 e. The van der Waals surface area contributed by atoms with Gasteiger partial charge in [-0.1, -0.05) is 6.07 Å². The molecule has 0 atom stereocenters. The van der Waals surface area contributed by atoms with Gasteiger partial charge in [-0.2, -0.15) is 0 Å². The fourth-order valence-corrected chi connectivity index (χ4v) is 3.22. The smallest absolute Gasteiger partial charge is 0.269 e. The van der Waals surface area contributed by atoms with Gasteiger partial charge in [-0.05, 0) is 58.7 Å². The largest absolute Gasteiger partial charge is 0.399 e. The maximum Gasteiger partial charge on any atom is 0.269 e. The number of hydrogen-bond acceptors (Lipinski definition) is 5. The number of non-ortho nitro benzene ring substituents is 1. The number of hydrogen-bond donors (Lipinski definition) is 3. The van der Waals surface area contributed by atoms with E-state index in [1.165, 1.54) is 12.1 Å². The molecule has 0 spiro atoms. The van der Waals surface area contributed by atoms with Gasteiger partial charge in [-0.25, -0.2) is 0 Å². The van der Waals surface area contributed by atoms with Gasteiger partial charge in [0.15, 0.2) is 0 Å². The highest BCUT2D eigenvalue weighted by atomic mass is 16.6. The summed E-state index contributed by atoms with van der Waals surface area (Å²) in [6.07, 6.45) is 0.741. The molecule has 4 rings (SSSR count). The zero-order valence-electron chi connectivity index (χ0n) is 13.3. The minimum absolute atomic E-state index is 0.0699. The molecule has 3 aromatic rings. The van der Waals surface area contributed by atoms with Crippen molar-refractivity contribution < 1.29 is 4.92 Å². The summed E-state index contributed by atoms with van der Waals surface area (Å²) < 4.78 is 0. The van der Waals surface area contributed by atoms with Gasteiger partial charge in [-0.15, -0.1) is 0 Å². The van der Waals surface area contributed by atoms with Crippen LogP contribution in [0.4, 0.5) is 28.4 Å². The van der Waals surface area contributed by atoms with Crippen molar-refractivity contribution in [1.29, 1.82) is 0 Å². The fraction of sp³-hybridized carbons (Fsp3) is 0.0526. The average molecular weight is 332 g/mol. The number of nitrogens with zero attached hydrogens (tertiary/aromatic N) is 1. The molecule has 0 amide bonds. The predicted octanol–water partition coefficient (Wildman–Crippen LogP) is 4.07. The zero-order valence-corrected chi connectivity index (χ0v) is 13.3. The van der Waals surface area contributed by atoms with Crippen LogP contribution in [0.2, 0.25) is 0 Å². The molecule has 1 aliphatic heterocycles. The van der Waals surface area contributed by atoms with Crippen molar-refractivity contribution in [3.63, 3.8) is 0 Å². The Balaban J connectivity index is 1.82. The lowest BCUT2D eigenvalue weighted by molar-refractivity contribution is -0.384. The Morgan fingerprint density at radius 2 is 1.64 bits per heavy atom. The van der Waals surface area contributed by atoms with Crippen LogP contribution in [0.3, 0.4) is 0 Å². The molecule has 0 aliphatic carbocycles. The number of nitro benzene ring substituents is 1. The van der Waals surface area contributed by atoms with E-state index in [2.05, 4.69) is 5.32 Å². The van der Waals surface area contributed by atoms with Crippen molar-refractivity contribution in [1.82, 2.24) is 0 Å². The Labute approximate surface area is 144 Å². The van der Waals surface area contributed by atoms with E-state index in [9.17, 15) is 10.1 Å². The van der Waals surface area contributed by atoms with E-state index in [0.29, 0.717) is 11.4 Å². The van der Waals surface area contributed by atoms with Gasteiger partial charge < -0.3 is 16.8 Å². The minimum atomic E-state index is -0.402. The lowest BCUT2D eigenvalue weighted by Crippen LogP contribution is -2.09. The second-order valence-electron chi connectivity index (χ2n) is 6.12. The maximum absolute atomic E-state index is 10.9. The predicted molar refractivity (Wildman–Crippen MR) is 99.9 cm³/mol. The molecule has 5 N–H and O–H groups in total. The summed E-state index contributed by atoms with van der Waals surface area (Å²) in [6, 6.07) is 16.1. The summed E-state index contributed by atoms with van der Waals surface area (Å²) >= 11 is 0. The average Bonchev–Trinajstić information content (AvgIpc) is 2.59. The molecule has 0 bridgehead atoms. The van der Waals surface area contributed by atoms with Gasteiger partial charge >= 0.3 is 0 Å². The van der Waals surface area contributed by atoms with E-state index in [0.717, 1.165) is 40.0 Å². The molecule has 3 aromatic carbocycles. The molecule has 124 valence electrons. The molecule has 6 heteroatoms. The summed E-state index contributed by atoms with van der Waals surface area (Å²) in [7, 11) is 0. The first-order valence-corrected chi connectivity index (χ1v) is 7.84. The van der Waals surface area contributed by atoms with Crippen LogP contribution >= 0.6 is 0 Å². The first kappa shape index (κ1) is 15.0. The third-order valence-corrected chi connectivity index (χ3v) is 4.43. The molecule has 0 fully saturated rings. The molecule has 1 heterocycles. The van der Waals surface area contributed by atoms with E-state index >= 15 is 0 Å². The van der Waals surface area contributed by atoms with Gasteiger partial charge in [0.1, 0.15) is 0 Å². The summed E-state index contributed by atoms with van der Waals surface area (Å²) in [4.78, 5) is 10.5. The van der Waals surface area contributed by atoms with E-state index in [1.807, 2.05) is 30.3 Å². The van der Waals surface area contributed by atoms with Crippen molar-refractivity contribution in [3.05, 3.63) is 75.8 Å². The highest BCUT2D eigenvalue weighted by molar-refractivity contribution is 5.85. The van der Waals surface area contributed by atoms with Crippen molar-refractivity contribution in [2.75, 3.05) is 16.8 Å². The van der Waals surface area contributed by atoms with E-state index in [4.69, 9.17) is 11.5 Å². The standard InChI is InChI=1S/C19H16N4O2/c20-13-4-1-12-7-17-16(11-2-5-15(6-3-11)23(24)25)8-14(21)10-19(17)22-18(12)9-13/h1-6,8-10,22H,7,20-21H2. The second kappa shape index (κ2) is 5.52. The first-order chi connectivity index (χ1) is 12.0. The zero-order chi connectivity index (χ0) is 17.6. The van der Waals surface area contributed by atoms with Crippen LogP contribution in [-0.4, -0.2) is 4.92 Å². The van der Waals surface area contributed by atoms with Crippen LogP contribution in [0.5, 0.6) is 0 Å². The molecule has 25 heavy (non-hydrogen) atoms. The highest BCUT2D eigenvalue weighted by Gasteiger charge is 2.20. The van der Waals surface area contributed by atoms with Gasteiger partial charge in [-0.3, -0.25) is 10.1 Å². The van der Waals surface area contributed by atoms with E-state index in [1.54, 1.807) is 12.1 Å². The molecule has 1 aliphatic rings. The van der Waals surface area contributed by atoms with E-state index < -0.39 is 4.92 Å². The van der Waals surface area contributed by atoms with Gasteiger partial charge in [0.05, 0.1) is 4.92 Å². The lowest BCUT2D eigenvalue weighted by atomic mass is 9.89. The second-order valence-corrected chi connectivity index (χ2v) is 6.12. The van der Waals surface area contributed by atoms with Crippen molar-refractivity contribution in [2.24, 2.45) is 0 Å². The highest BCUT2D eigenvalue weighted by Crippen LogP contribution is 2.40. The molecule has 0 radical (unpaired) electrons. The first-order valence-electron chi connectivity index (χ1n) is 7.84. The molecule has 6 nitrogen and oxygen atoms in total. The number of anilines is 4. The van der Waals surface area contributed by atoms with Gasteiger partial charge in [0.25, 0.3) is 5.69 Å². The Kier molecular flexibility index (Phi) is 3.32. The number of benzene rings is 3. The topological polar surface area (TPSA) is 107 Å². The third kappa shape index (κ3) is 2.63. The molecular weight excluding hydrogens is 316 g/mol. The number of rotatable bonds is 2. The van der Waals surface area contributed by atoms with Crippen LogP contribution in [0.1, 0.15) is 11.1 Å². The number of nitrogens with two attached hydrogens (primary N) is 2. The summed E-state index contributed by atoms with van der Waals surface area (Å²) in [5.41, 5.74) is 19.4. The molecule has 0 aromatic heterocycles. The summed E-state index contributed by atoms with van der Waals surface area (Å²) in [5, 5.41) is 14.3. The Morgan fingerprint density at radius 1 is 0.920 bits per heavy atom. The third-order valence-electron chi connectivity index (χ3n) is 4.43. The Bertz CT molecular complexity index is 997. The van der Waals surface area contributed by atoms with Gasteiger partial charge in [0.2, 0.25) is 0 Å². The molecular formula is C19H16N4O2. The number of nitro groups is 1. The van der Waals surface area contributed by atoms with Crippen LogP contribution in [0, 0.1) is 10.1 Å². The van der Waals surface area contributed by atoms with Gasteiger partial charge in [0, 0.05) is 41.3 Å². The summed E-state index contributed by atoms with van der Waals surface area (Å²) in [6.45, 7) is 0. The Morgan fingerprint density at radius 3 is 2.36 bits per heavy atom. The lowest BCUT2D eigenvalue weighted by Gasteiger charge is -2.25. The number of nitrogens with one attached hydrogen (secondary N) is 1. The molecule has 0 saturated carbocycles. The SMILES string of the molecule is Nc1ccc2c(c1)Nc1cc(N)cc(-c3ccc([N+](=O)[O-])cc3)c1C2. The van der Waals surface area contributed by atoms with Crippen LogP contribution in [-0.2, 0) is 6.42 Å². The monoisotopic (exact) mass is 332 g/mol. The van der Waals surface area contributed by atoms with E-state index in [-0.39, 0.29) is 5.69 Å². The van der Waals surface area contributed by atoms with Crippen LogP contribution in [0.25, 0.3) is 11.1 Å². The Hall–Kier alpha value is -3.54. The van der Waals surface area contributed by atoms with Crippen LogP contribution < -0.4 is 16.8 Å². The van der Waals surface area contributed by atoms with Crippen molar-refractivity contribution >= 4 is 28.4 Å². The number of nitrogen functional groups attached to an aromatic ring is 2. The molecule has 0 saturated heterocycles. The number of fused-ring (bicyclic) bond motifs is 2. The normalized spacial score (nSPS) is 12.0. The quantitative estimate of drug-likeness (QED) is 0.291. The summed E-state index contributed by atoms with van der Waals surface area (Å²) in [5.74, 6) is 0. The van der Waals surface area contributed by atoms with Crippen LogP contribution in [0.15, 0.2) is 54.6 Å². The fourth-order valence-electron chi connectivity index (χ4n) is 3.22. The van der Waals surface area contributed by atoms with Crippen molar-refractivity contribution in [3.8, 4) is 11.1 Å². The molecule has 0 unspecified atom stereocenters.